The second kappa shape index (κ2) is 6.58. The number of rotatable bonds is 5. The summed E-state index contributed by atoms with van der Waals surface area (Å²) in [6, 6.07) is 9.92. The summed E-state index contributed by atoms with van der Waals surface area (Å²) in [5, 5.41) is 2.92. The maximum absolute atomic E-state index is 12.4. The lowest BCUT2D eigenvalue weighted by molar-refractivity contribution is 0.0909. The summed E-state index contributed by atoms with van der Waals surface area (Å²) in [7, 11) is -3.51. The Morgan fingerprint density at radius 2 is 1.83 bits per heavy atom. The van der Waals surface area contributed by atoms with Gasteiger partial charge in [-0.2, -0.15) is 0 Å². The van der Waals surface area contributed by atoms with Crippen LogP contribution >= 0.6 is 0 Å². The number of furan rings is 1. The second-order valence-electron chi connectivity index (χ2n) is 5.80. The molecule has 5 nitrogen and oxygen atoms in total. The zero-order valence-corrected chi connectivity index (χ0v) is 13.5. The van der Waals surface area contributed by atoms with Crippen LogP contribution in [0.1, 0.15) is 41.8 Å². The standard InChI is InChI=1S/C17H19NO4S/c19-17(18-14-6-4-5-7-14)16-13(10-11-22-16)12-23(20,21)15-8-2-1-3-9-15/h1-3,8-11,14H,4-7,12H2,(H,18,19). The molecule has 0 unspecified atom stereocenters. The maximum atomic E-state index is 12.4. The third-order valence-electron chi connectivity index (χ3n) is 4.09. The topological polar surface area (TPSA) is 76.4 Å². The summed E-state index contributed by atoms with van der Waals surface area (Å²) >= 11 is 0. The van der Waals surface area contributed by atoms with E-state index in [1.54, 1.807) is 36.4 Å². The summed E-state index contributed by atoms with van der Waals surface area (Å²) in [4.78, 5) is 12.5. The third kappa shape index (κ3) is 3.64. The predicted octanol–water partition coefficient (Wildman–Crippen LogP) is 2.93. The van der Waals surface area contributed by atoms with Gasteiger partial charge in [0.25, 0.3) is 5.91 Å². The first kappa shape index (κ1) is 15.8. The van der Waals surface area contributed by atoms with Gasteiger partial charge >= 0.3 is 0 Å². The first-order valence-corrected chi connectivity index (χ1v) is 9.36. The van der Waals surface area contributed by atoms with Gasteiger partial charge in [0.1, 0.15) is 0 Å². The van der Waals surface area contributed by atoms with Crippen LogP contribution in [0.5, 0.6) is 0 Å². The van der Waals surface area contributed by atoms with Gasteiger partial charge in [-0.15, -0.1) is 0 Å². The molecule has 0 aliphatic heterocycles. The Bertz CT molecular complexity index is 774. The third-order valence-corrected chi connectivity index (χ3v) is 5.77. The number of benzene rings is 1. The monoisotopic (exact) mass is 333 g/mol. The molecule has 1 saturated carbocycles. The van der Waals surface area contributed by atoms with Crippen molar-refractivity contribution in [2.45, 2.75) is 42.4 Å². The molecule has 0 bridgehead atoms. The fourth-order valence-electron chi connectivity index (χ4n) is 2.89. The lowest BCUT2D eigenvalue weighted by Gasteiger charge is -2.11. The summed E-state index contributed by atoms with van der Waals surface area (Å²) in [5.41, 5.74) is 0.393. The summed E-state index contributed by atoms with van der Waals surface area (Å²) in [5.74, 6) is -0.488. The van der Waals surface area contributed by atoms with E-state index >= 15 is 0 Å². The molecule has 1 aliphatic carbocycles. The Labute approximate surface area is 135 Å². The Kier molecular flexibility index (Phi) is 4.52. The minimum atomic E-state index is -3.51. The maximum Gasteiger partial charge on any atom is 0.287 e. The van der Waals surface area contributed by atoms with Crippen molar-refractivity contribution >= 4 is 15.7 Å². The van der Waals surface area contributed by atoms with Crippen molar-refractivity contribution in [2.24, 2.45) is 0 Å². The van der Waals surface area contributed by atoms with Crippen LogP contribution in [-0.2, 0) is 15.6 Å². The minimum absolute atomic E-state index is 0.0939. The number of sulfone groups is 1. The quantitative estimate of drug-likeness (QED) is 0.913. The molecule has 3 rings (SSSR count). The average Bonchev–Trinajstić information content (AvgIpc) is 3.19. The minimum Gasteiger partial charge on any atom is -0.459 e. The average molecular weight is 333 g/mol. The van der Waals surface area contributed by atoms with E-state index in [4.69, 9.17) is 4.42 Å². The van der Waals surface area contributed by atoms with Crippen LogP contribution in [-0.4, -0.2) is 20.4 Å². The normalized spacial score (nSPS) is 15.7. The van der Waals surface area contributed by atoms with Crippen molar-refractivity contribution in [3.63, 3.8) is 0 Å². The lowest BCUT2D eigenvalue weighted by Crippen LogP contribution is -2.33. The van der Waals surface area contributed by atoms with E-state index in [0.717, 1.165) is 25.7 Å². The smallest absolute Gasteiger partial charge is 0.287 e. The fourth-order valence-corrected chi connectivity index (χ4v) is 4.26. The molecule has 6 heteroatoms. The molecular formula is C17H19NO4S. The number of hydrogen-bond acceptors (Lipinski definition) is 4. The van der Waals surface area contributed by atoms with Crippen LogP contribution in [0.4, 0.5) is 0 Å². The Morgan fingerprint density at radius 3 is 2.52 bits per heavy atom. The molecule has 0 spiro atoms. The zero-order chi connectivity index (χ0) is 16.3. The van der Waals surface area contributed by atoms with Gasteiger partial charge in [0.2, 0.25) is 0 Å². The van der Waals surface area contributed by atoms with E-state index in [1.807, 2.05) is 0 Å². The Morgan fingerprint density at radius 1 is 1.13 bits per heavy atom. The van der Waals surface area contributed by atoms with Crippen LogP contribution in [0.3, 0.4) is 0 Å². The first-order valence-electron chi connectivity index (χ1n) is 7.71. The van der Waals surface area contributed by atoms with Crippen LogP contribution < -0.4 is 5.32 Å². The number of carbonyl (C=O) groups is 1. The van der Waals surface area contributed by atoms with Gasteiger partial charge in [0, 0.05) is 11.6 Å². The van der Waals surface area contributed by atoms with E-state index in [-0.39, 0.29) is 28.4 Å². The Balaban J connectivity index is 1.77. The van der Waals surface area contributed by atoms with E-state index in [0.29, 0.717) is 5.56 Å². The van der Waals surface area contributed by atoms with E-state index in [9.17, 15) is 13.2 Å². The molecule has 1 aromatic heterocycles. The van der Waals surface area contributed by atoms with Gasteiger partial charge in [-0.3, -0.25) is 4.79 Å². The van der Waals surface area contributed by atoms with Crippen molar-refractivity contribution in [2.75, 3.05) is 0 Å². The lowest BCUT2D eigenvalue weighted by atomic mass is 10.2. The molecule has 122 valence electrons. The number of nitrogens with one attached hydrogen (secondary N) is 1. The second-order valence-corrected chi connectivity index (χ2v) is 7.79. The van der Waals surface area contributed by atoms with Crippen molar-refractivity contribution in [3.05, 3.63) is 54.0 Å². The zero-order valence-electron chi connectivity index (χ0n) is 12.7. The van der Waals surface area contributed by atoms with Gasteiger partial charge in [-0.1, -0.05) is 31.0 Å². The molecule has 1 heterocycles. The first-order chi connectivity index (χ1) is 11.1. The molecule has 1 amide bonds. The van der Waals surface area contributed by atoms with Gasteiger partial charge in [-0.05, 0) is 31.0 Å². The van der Waals surface area contributed by atoms with E-state index in [1.165, 1.54) is 6.26 Å². The summed E-state index contributed by atoms with van der Waals surface area (Å²) in [6.45, 7) is 0. The van der Waals surface area contributed by atoms with Crippen LogP contribution in [0.15, 0.2) is 52.0 Å². The highest BCUT2D eigenvalue weighted by Crippen LogP contribution is 2.22. The SMILES string of the molecule is O=C(NC1CCCC1)c1occc1CS(=O)(=O)c1ccccc1. The van der Waals surface area contributed by atoms with Gasteiger partial charge in [0.05, 0.1) is 16.9 Å². The van der Waals surface area contributed by atoms with Crippen LogP contribution in [0, 0.1) is 0 Å². The molecular weight excluding hydrogens is 314 g/mol. The van der Waals surface area contributed by atoms with Gasteiger partial charge < -0.3 is 9.73 Å². The molecule has 0 radical (unpaired) electrons. The highest BCUT2D eigenvalue weighted by molar-refractivity contribution is 7.90. The fraction of sp³-hybridized carbons (Fsp3) is 0.353. The molecule has 0 atom stereocenters. The summed E-state index contributed by atoms with van der Waals surface area (Å²) in [6.07, 6.45) is 5.50. The van der Waals surface area contributed by atoms with Crippen LogP contribution in [0.2, 0.25) is 0 Å². The van der Waals surface area contributed by atoms with Crippen molar-refractivity contribution in [3.8, 4) is 0 Å². The number of amides is 1. The van der Waals surface area contributed by atoms with Crippen molar-refractivity contribution in [1.29, 1.82) is 0 Å². The van der Waals surface area contributed by atoms with Crippen molar-refractivity contribution < 1.29 is 17.6 Å². The molecule has 1 aromatic carbocycles. The summed E-state index contributed by atoms with van der Waals surface area (Å²) < 4.78 is 30.1. The molecule has 1 aliphatic rings. The van der Waals surface area contributed by atoms with Gasteiger partial charge in [-0.25, -0.2) is 8.42 Å². The van der Waals surface area contributed by atoms with E-state index < -0.39 is 9.84 Å². The largest absolute Gasteiger partial charge is 0.459 e. The predicted molar refractivity (Wildman–Crippen MR) is 85.8 cm³/mol. The van der Waals surface area contributed by atoms with Crippen molar-refractivity contribution in [1.82, 2.24) is 5.32 Å². The molecule has 1 N–H and O–H groups in total. The molecule has 23 heavy (non-hydrogen) atoms. The molecule has 0 saturated heterocycles. The van der Waals surface area contributed by atoms with Gasteiger partial charge in [0.15, 0.2) is 15.6 Å². The Hall–Kier alpha value is -2.08. The highest BCUT2D eigenvalue weighted by Gasteiger charge is 2.25. The highest BCUT2D eigenvalue weighted by atomic mass is 32.2. The molecule has 1 fully saturated rings. The van der Waals surface area contributed by atoms with Crippen LogP contribution in [0.25, 0.3) is 0 Å². The number of carbonyl (C=O) groups excluding carboxylic acids is 1. The number of hydrogen-bond donors (Lipinski definition) is 1. The molecule has 2 aromatic rings. The van der Waals surface area contributed by atoms with E-state index in [2.05, 4.69) is 5.32 Å².